The molecule has 0 aliphatic carbocycles. The Bertz CT molecular complexity index is 964. The van der Waals surface area contributed by atoms with Gasteiger partial charge in [0.2, 0.25) is 0 Å². The van der Waals surface area contributed by atoms with Crippen LogP contribution in [0.5, 0.6) is 0 Å². The molecule has 0 amide bonds. The molecule has 0 N–H and O–H groups in total. The molecule has 26 heavy (non-hydrogen) atoms. The third-order valence-electron chi connectivity index (χ3n) is 4.67. The van der Waals surface area contributed by atoms with Gasteiger partial charge in [0, 0.05) is 52.3 Å². The van der Waals surface area contributed by atoms with E-state index >= 15 is 0 Å². The Morgan fingerprint density at radius 1 is 1.08 bits per heavy atom. The van der Waals surface area contributed by atoms with E-state index < -0.39 is 0 Å². The maximum absolute atomic E-state index is 6.38. The Balaban J connectivity index is 1.73. The number of para-hydroxylation sites is 1. The maximum atomic E-state index is 6.38. The van der Waals surface area contributed by atoms with E-state index in [4.69, 9.17) is 40.2 Å². The number of hydrogen-bond donors (Lipinski definition) is 0. The highest BCUT2D eigenvalue weighted by molar-refractivity contribution is 7.80. The Morgan fingerprint density at radius 2 is 1.85 bits per heavy atom. The summed E-state index contributed by atoms with van der Waals surface area (Å²) in [5.41, 5.74) is 3.26. The molecule has 6 heteroatoms. The second kappa shape index (κ2) is 7.57. The number of nitrogens with zero attached hydrogens (tertiary/aromatic N) is 2. The molecule has 4 rings (SSSR count). The van der Waals surface area contributed by atoms with Gasteiger partial charge < -0.3 is 14.2 Å². The molecule has 0 spiro atoms. The SMILES string of the molecule is S=C(c1cn(Cc2ccc(Cl)cc2Cl)c2ccccc12)N1CCOCC1. The van der Waals surface area contributed by atoms with Gasteiger partial charge in [-0.1, -0.05) is 59.7 Å². The van der Waals surface area contributed by atoms with Crippen LogP contribution in [0.4, 0.5) is 0 Å². The fourth-order valence-corrected chi connectivity index (χ4v) is 4.13. The zero-order chi connectivity index (χ0) is 18.1. The number of thiocarbonyl (C=S) groups is 1. The van der Waals surface area contributed by atoms with Gasteiger partial charge in [-0.05, 0) is 23.8 Å². The van der Waals surface area contributed by atoms with E-state index in [1.807, 2.05) is 24.3 Å². The molecule has 1 aliphatic rings. The number of morpholine rings is 1. The minimum absolute atomic E-state index is 0.644. The van der Waals surface area contributed by atoms with Crippen LogP contribution in [0.1, 0.15) is 11.1 Å². The van der Waals surface area contributed by atoms with Crippen molar-refractivity contribution in [3.8, 4) is 0 Å². The van der Waals surface area contributed by atoms with Gasteiger partial charge in [-0.2, -0.15) is 0 Å². The lowest BCUT2D eigenvalue weighted by Crippen LogP contribution is -2.40. The van der Waals surface area contributed by atoms with E-state index in [-0.39, 0.29) is 0 Å². The van der Waals surface area contributed by atoms with E-state index in [1.54, 1.807) is 6.07 Å². The largest absolute Gasteiger partial charge is 0.378 e. The van der Waals surface area contributed by atoms with Gasteiger partial charge in [-0.3, -0.25) is 0 Å². The third kappa shape index (κ3) is 3.47. The quantitative estimate of drug-likeness (QED) is 0.571. The number of hydrogen-bond acceptors (Lipinski definition) is 2. The minimum Gasteiger partial charge on any atom is -0.378 e. The summed E-state index contributed by atoms with van der Waals surface area (Å²) >= 11 is 18.2. The number of benzene rings is 2. The Labute approximate surface area is 168 Å². The Morgan fingerprint density at radius 3 is 2.62 bits per heavy atom. The molecule has 134 valence electrons. The van der Waals surface area contributed by atoms with Crippen LogP contribution < -0.4 is 0 Å². The zero-order valence-corrected chi connectivity index (χ0v) is 16.4. The number of ether oxygens (including phenoxy) is 1. The first-order chi connectivity index (χ1) is 12.6. The topological polar surface area (TPSA) is 17.4 Å². The van der Waals surface area contributed by atoms with Crippen LogP contribution in [-0.4, -0.2) is 40.8 Å². The summed E-state index contributed by atoms with van der Waals surface area (Å²) in [5.74, 6) is 0. The molecule has 0 radical (unpaired) electrons. The van der Waals surface area contributed by atoms with E-state index in [2.05, 4.69) is 27.8 Å². The average Bonchev–Trinajstić information content (AvgIpc) is 3.03. The molecule has 1 aromatic heterocycles. The van der Waals surface area contributed by atoms with Gasteiger partial charge in [0.15, 0.2) is 0 Å². The van der Waals surface area contributed by atoms with Gasteiger partial charge >= 0.3 is 0 Å². The van der Waals surface area contributed by atoms with Crippen molar-refractivity contribution in [3.05, 3.63) is 69.8 Å². The first-order valence-corrected chi connectivity index (χ1v) is 9.69. The first kappa shape index (κ1) is 17.8. The predicted molar refractivity (Wildman–Crippen MR) is 112 cm³/mol. The number of aromatic nitrogens is 1. The van der Waals surface area contributed by atoms with Gasteiger partial charge in [-0.25, -0.2) is 0 Å². The van der Waals surface area contributed by atoms with Crippen LogP contribution in [0.15, 0.2) is 48.7 Å². The van der Waals surface area contributed by atoms with Crippen LogP contribution in [0.2, 0.25) is 10.0 Å². The molecule has 0 atom stereocenters. The molecule has 1 saturated heterocycles. The monoisotopic (exact) mass is 404 g/mol. The molecule has 2 heterocycles. The van der Waals surface area contributed by atoms with E-state index in [1.165, 1.54) is 0 Å². The summed E-state index contributed by atoms with van der Waals surface area (Å²) in [6.07, 6.45) is 2.13. The van der Waals surface area contributed by atoms with Crippen molar-refractivity contribution in [2.75, 3.05) is 26.3 Å². The van der Waals surface area contributed by atoms with Crippen LogP contribution in [0.25, 0.3) is 10.9 Å². The summed E-state index contributed by atoms with van der Waals surface area (Å²) in [6, 6.07) is 14.0. The average molecular weight is 405 g/mol. The zero-order valence-electron chi connectivity index (χ0n) is 14.1. The van der Waals surface area contributed by atoms with E-state index in [0.29, 0.717) is 16.6 Å². The van der Waals surface area contributed by atoms with Crippen molar-refractivity contribution in [1.29, 1.82) is 0 Å². The normalized spacial score (nSPS) is 14.8. The minimum atomic E-state index is 0.644. The smallest absolute Gasteiger partial charge is 0.111 e. The lowest BCUT2D eigenvalue weighted by atomic mass is 10.1. The molecular weight excluding hydrogens is 387 g/mol. The van der Waals surface area contributed by atoms with Crippen molar-refractivity contribution in [2.24, 2.45) is 0 Å². The van der Waals surface area contributed by atoms with E-state index in [0.717, 1.165) is 53.3 Å². The fraction of sp³-hybridized carbons (Fsp3) is 0.250. The second-order valence-electron chi connectivity index (χ2n) is 6.33. The van der Waals surface area contributed by atoms with Gasteiger partial charge in [-0.15, -0.1) is 0 Å². The summed E-state index contributed by atoms with van der Waals surface area (Å²) < 4.78 is 7.65. The third-order valence-corrected chi connectivity index (χ3v) is 5.74. The number of halogens is 2. The molecule has 0 unspecified atom stereocenters. The Kier molecular flexibility index (Phi) is 5.18. The van der Waals surface area contributed by atoms with Crippen molar-refractivity contribution in [2.45, 2.75) is 6.54 Å². The lowest BCUT2D eigenvalue weighted by molar-refractivity contribution is 0.0693. The van der Waals surface area contributed by atoms with Crippen molar-refractivity contribution in [1.82, 2.24) is 9.47 Å². The highest BCUT2D eigenvalue weighted by atomic mass is 35.5. The second-order valence-corrected chi connectivity index (χ2v) is 7.56. The summed E-state index contributed by atoms with van der Waals surface area (Å²) in [7, 11) is 0. The van der Waals surface area contributed by atoms with Crippen molar-refractivity contribution in [3.63, 3.8) is 0 Å². The Hall–Kier alpha value is -1.59. The molecule has 2 aromatic carbocycles. The van der Waals surface area contributed by atoms with Gasteiger partial charge in [0.1, 0.15) is 4.99 Å². The molecular formula is C20H18Cl2N2OS. The predicted octanol–water partition coefficient (Wildman–Crippen LogP) is 5.00. The molecule has 1 fully saturated rings. The molecule has 3 nitrogen and oxygen atoms in total. The summed E-state index contributed by atoms with van der Waals surface area (Å²) in [6.45, 7) is 3.78. The van der Waals surface area contributed by atoms with Crippen LogP contribution in [-0.2, 0) is 11.3 Å². The molecule has 0 saturated carbocycles. The fourth-order valence-electron chi connectivity index (χ4n) is 3.32. The molecule has 1 aliphatic heterocycles. The van der Waals surface area contributed by atoms with Crippen molar-refractivity contribution >= 4 is 51.3 Å². The summed E-state index contributed by atoms with van der Waals surface area (Å²) in [5, 5.41) is 2.48. The molecule has 0 bridgehead atoms. The number of fused-ring (bicyclic) bond motifs is 1. The van der Waals surface area contributed by atoms with Gasteiger partial charge in [0.25, 0.3) is 0 Å². The maximum Gasteiger partial charge on any atom is 0.111 e. The van der Waals surface area contributed by atoms with Crippen LogP contribution >= 0.6 is 35.4 Å². The highest BCUT2D eigenvalue weighted by Crippen LogP contribution is 2.27. The van der Waals surface area contributed by atoms with Gasteiger partial charge in [0.05, 0.1) is 13.2 Å². The lowest BCUT2D eigenvalue weighted by Gasteiger charge is -2.29. The van der Waals surface area contributed by atoms with Crippen LogP contribution in [0, 0.1) is 0 Å². The molecule has 3 aromatic rings. The summed E-state index contributed by atoms with van der Waals surface area (Å²) in [4.78, 5) is 3.10. The van der Waals surface area contributed by atoms with Crippen LogP contribution in [0.3, 0.4) is 0 Å². The number of rotatable bonds is 3. The first-order valence-electron chi connectivity index (χ1n) is 8.52. The highest BCUT2D eigenvalue weighted by Gasteiger charge is 2.19. The van der Waals surface area contributed by atoms with E-state index in [9.17, 15) is 0 Å². The van der Waals surface area contributed by atoms with Crippen molar-refractivity contribution < 1.29 is 4.74 Å². The standard InChI is InChI=1S/C20H18Cl2N2OS/c21-15-6-5-14(18(22)11-15)12-24-13-17(16-3-1-2-4-19(16)24)20(26)23-7-9-25-10-8-23/h1-6,11,13H,7-10,12H2.